The molecule has 0 bridgehead atoms. The molecule has 0 radical (unpaired) electrons. The highest BCUT2D eigenvalue weighted by atomic mass is 79.9. The van der Waals surface area contributed by atoms with Crippen molar-refractivity contribution in [2.45, 2.75) is 19.4 Å². The van der Waals surface area contributed by atoms with E-state index in [1.165, 1.54) is 0 Å². The quantitative estimate of drug-likeness (QED) is 0.737. The number of halogens is 1. The second kappa shape index (κ2) is 2.75. The zero-order chi connectivity index (χ0) is 7.78. The summed E-state index contributed by atoms with van der Waals surface area (Å²) in [6.07, 6.45) is 2.01. The van der Waals surface area contributed by atoms with Gasteiger partial charge in [0.25, 0.3) is 0 Å². The minimum absolute atomic E-state index is 0.210. The zero-order valence-electron chi connectivity index (χ0n) is 6.19. The molecule has 1 rings (SSSR count). The topological polar surface area (TPSA) is 21.3 Å². The van der Waals surface area contributed by atoms with Gasteiger partial charge < -0.3 is 0 Å². The number of hydrogen-bond acceptors (Lipinski definition) is 3. The molecular weight excluding hydrogens is 214 g/mol. The van der Waals surface area contributed by atoms with E-state index < -0.39 is 0 Å². The third-order valence-electron chi connectivity index (χ3n) is 1.33. The average Bonchev–Trinajstić information content (AvgIpc) is 2.10. The van der Waals surface area contributed by atoms with Crippen molar-refractivity contribution >= 4 is 27.7 Å². The molecule has 2 nitrogen and oxygen atoms in total. The van der Waals surface area contributed by atoms with Crippen molar-refractivity contribution in [3.8, 4) is 0 Å². The van der Waals surface area contributed by atoms with Gasteiger partial charge in [-0.25, -0.2) is 0 Å². The van der Waals surface area contributed by atoms with Crippen LogP contribution in [0.5, 0.6) is 0 Å². The number of nitrogens with one attached hydrogen (secondary N) is 1. The monoisotopic (exact) mass is 223 g/mol. The molecule has 0 saturated heterocycles. The maximum Gasteiger partial charge on any atom is 0.124 e. The molecule has 58 valence electrons. The first-order valence-electron chi connectivity index (χ1n) is 2.96. The molecule has 0 unspecified atom stereocenters. The van der Waals surface area contributed by atoms with Crippen LogP contribution >= 0.6 is 27.7 Å². The summed E-state index contributed by atoms with van der Waals surface area (Å²) in [5.74, 6) is 0. The van der Waals surface area contributed by atoms with Gasteiger partial charge in [0.2, 0.25) is 0 Å². The number of hydrogen-bond donors (Lipinski definition) is 1. The molecule has 0 atom stereocenters. The van der Waals surface area contributed by atoms with Crippen LogP contribution in [0, 0.1) is 0 Å². The van der Waals surface area contributed by atoms with E-state index in [2.05, 4.69) is 21.4 Å². The lowest BCUT2D eigenvalue weighted by molar-refractivity contribution is -0.0140. The zero-order valence-corrected chi connectivity index (χ0v) is 8.60. The highest BCUT2D eigenvalue weighted by molar-refractivity contribution is 9.11. The Bertz CT molecular complexity index is 179. The first-order chi connectivity index (χ1) is 4.58. The van der Waals surface area contributed by atoms with Crippen molar-refractivity contribution in [2.24, 2.45) is 0 Å². The summed E-state index contributed by atoms with van der Waals surface area (Å²) >= 11 is 5.10. The Labute approximate surface area is 73.5 Å². The smallest absolute Gasteiger partial charge is 0.124 e. The second-order valence-electron chi connectivity index (χ2n) is 2.56. The molecule has 1 aliphatic rings. The number of thioether (sulfide) groups is 1. The predicted octanol–water partition coefficient (Wildman–Crippen LogP) is 2.23. The maximum absolute atomic E-state index is 5.26. The van der Waals surface area contributed by atoms with Crippen LogP contribution in [0.1, 0.15) is 13.8 Å². The van der Waals surface area contributed by atoms with E-state index in [0.29, 0.717) is 0 Å². The highest BCUT2D eigenvalue weighted by Crippen LogP contribution is 2.36. The van der Waals surface area contributed by atoms with Crippen LogP contribution in [-0.4, -0.2) is 11.9 Å². The normalized spacial score (nSPS) is 23.2. The van der Waals surface area contributed by atoms with Gasteiger partial charge in [0.15, 0.2) is 0 Å². The van der Waals surface area contributed by atoms with Gasteiger partial charge in [-0.15, -0.1) is 11.8 Å². The molecule has 0 amide bonds. The van der Waals surface area contributed by atoms with E-state index in [4.69, 9.17) is 4.84 Å². The first kappa shape index (κ1) is 8.43. The van der Waals surface area contributed by atoms with Gasteiger partial charge in [0.1, 0.15) is 10.6 Å². The maximum atomic E-state index is 5.26. The fraction of sp³-hybridized carbons (Fsp3) is 0.667. The predicted molar refractivity (Wildman–Crippen MR) is 47.8 cm³/mol. The molecule has 0 aromatic heterocycles. The Morgan fingerprint density at radius 2 is 2.20 bits per heavy atom. The Balaban J connectivity index is 2.84. The first-order valence-corrected chi connectivity index (χ1v) is 4.98. The fourth-order valence-corrected chi connectivity index (χ4v) is 1.87. The van der Waals surface area contributed by atoms with Crippen molar-refractivity contribution in [1.29, 1.82) is 0 Å². The SMILES string of the molecule is CSC1=C(Br)C(C)(C)ON1. The van der Waals surface area contributed by atoms with Gasteiger partial charge in [-0.2, -0.15) is 0 Å². The average molecular weight is 224 g/mol. The Kier molecular flexibility index (Phi) is 2.32. The molecule has 1 N–H and O–H groups in total. The lowest BCUT2D eigenvalue weighted by Crippen LogP contribution is -2.22. The van der Waals surface area contributed by atoms with Crippen LogP contribution in [0.3, 0.4) is 0 Å². The molecule has 0 spiro atoms. The molecule has 0 aromatic carbocycles. The Hall–Kier alpha value is 0.330. The highest BCUT2D eigenvalue weighted by Gasteiger charge is 2.32. The standard InChI is InChI=1S/C6H10BrNOS/c1-6(2)4(7)5(10-3)8-9-6/h8H,1-3H3. The summed E-state index contributed by atoms with van der Waals surface area (Å²) in [5, 5.41) is 1.06. The van der Waals surface area contributed by atoms with Crippen molar-refractivity contribution in [3.05, 3.63) is 9.51 Å². The van der Waals surface area contributed by atoms with Crippen LogP contribution < -0.4 is 5.48 Å². The van der Waals surface area contributed by atoms with Gasteiger partial charge in [-0.05, 0) is 36.0 Å². The molecule has 10 heavy (non-hydrogen) atoms. The van der Waals surface area contributed by atoms with Crippen LogP contribution in [0.25, 0.3) is 0 Å². The van der Waals surface area contributed by atoms with E-state index in [-0.39, 0.29) is 5.60 Å². The third kappa shape index (κ3) is 1.33. The summed E-state index contributed by atoms with van der Waals surface area (Å²) in [6.45, 7) is 4.01. The molecular formula is C6H10BrNOS. The summed E-state index contributed by atoms with van der Waals surface area (Å²) in [6, 6.07) is 0. The summed E-state index contributed by atoms with van der Waals surface area (Å²) in [5.41, 5.74) is 2.63. The van der Waals surface area contributed by atoms with Gasteiger partial charge in [-0.3, -0.25) is 10.3 Å². The molecule has 0 saturated carbocycles. The summed E-state index contributed by atoms with van der Waals surface area (Å²) in [7, 11) is 0. The number of hydroxylamine groups is 1. The van der Waals surface area contributed by atoms with Crippen LogP contribution in [0.2, 0.25) is 0 Å². The molecule has 0 aromatic rings. The van der Waals surface area contributed by atoms with Crippen molar-refractivity contribution in [3.63, 3.8) is 0 Å². The lowest BCUT2D eigenvalue weighted by atomic mass is 10.1. The van der Waals surface area contributed by atoms with Gasteiger partial charge in [-0.1, -0.05) is 0 Å². The van der Waals surface area contributed by atoms with Crippen molar-refractivity contribution in [2.75, 3.05) is 6.26 Å². The van der Waals surface area contributed by atoms with Crippen LogP contribution in [0.15, 0.2) is 9.51 Å². The van der Waals surface area contributed by atoms with Crippen LogP contribution in [-0.2, 0) is 4.84 Å². The lowest BCUT2D eigenvalue weighted by Gasteiger charge is -2.14. The third-order valence-corrected chi connectivity index (χ3v) is 3.64. The van der Waals surface area contributed by atoms with E-state index in [0.717, 1.165) is 9.51 Å². The van der Waals surface area contributed by atoms with Crippen LogP contribution in [0.4, 0.5) is 0 Å². The molecule has 1 aliphatic heterocycles. The fourth-order valence-electron chi connectivity index (χ4n) is 0.668. The van der Waals surface area contributed by atoms with Crippen molar-refractivity contribution < 1.29 is 4.84 Å². The molecule has 4 heteroatoms. The molecule has 0 aliphatic carbocycles. The summed E-state index contributed by atoms with van der Waals surface area (Å²) < 4.78 is 1.09. The van der Waals surface area contributed by atoms with E-state index >= 15 is 0 Å². The number of rotatable bonds is 1. The van der Waals surface area contributed by atoms with E-state index in [9.17, 15) is 0 Å². The van der Waals surface area contributed by atoms with Gasteiger partial charge >= 0.3 is 0 Å². The largest absolute Gasteiger partial charge is 0.264 e. The van der Waals surface area contributed by atoms with Gasteiger partial charge in [0, 0.05) is 0 Å². The minimum Gasteiger partial charge on any atom is -0.264 e. The Morgan fingerprint density at radius 1 is 1.60 bits per heavy atom. The minimum atomic E-state index is -0.210. The van der Waals surface area contributed by atoms with Gasteiger partial charge in [0.05, 0.1) is 4.48 Å². The Morgan fingerprint density at radius 3 is 2.40 bits per heavy atom. The van der Waals surface area contributed by atoms with E-state index in [1.54, 1.807) is 11.8 Å². The van der Waals surface area contributed by atoms with Crippen molar-refractivity contribution in [1.82, 2.24) is 5.48 Å². The second-order valence-corrected chi connectivity index (χ2v) is 4.17. The van der Waals surface area contributed by atoms with E-state index in [1.807, 2.05) is 20.1 Å². The molecule has 0 fully saturated rings. The molecule has 1 heterocycles. The summed E-state index contributed by atoms with van der Waals surface area (Å²) in [4.78, 5) is 5.26.